The molecule has 2 rings (SSSR count). The van der Waals surface area contributed by atoms with Gasteiger partial charge in [-0.1, -0.05) is 12.1 Å². The van der Waals surface area contributed by atoms with Crippen molar-refractivity contribution in [2.45, 2.75) is 44.7 Å². The van der Waals surface area contributed by atoms with Crippen molar-refractivity contribution in [3.63, 3.8) is 0 Å². The van der Waals surface area contributed by atoms with Gasteiger partial charge in [0.25, 0.3) is 5.91 Å². The highest BCUT2D eigenvalue weighted by molar-refractivity contribution is 5.85. The van der Waals surface area contributed by atoms with Gasteiger partial charge in [0.05, 0.1) is 0 Å². The molecule has 0 unspecified atom stereocenters. The van der Waals surface area contributed by atoms with Gasteiger partial charge in [0, 0.05) is 12.1 Å². The zero-order chi connectivity index (χ0) is 13.7. The molecule has 1 fully saturated rings. The number of carbonyl (C=O) groups is 1. The van der Waals surface area contributed by atoms with Gasteiger partial charge in [0.15, 0.2) is 6.61 Å². The smallest absolute Gasteiger partial charge is 0.258 e. The van der Waals surface area contributed by atoms with Gasteiger partial charge in [-0.25, -0.2) is 0 Å². The predicted octanol–water partition coefficient (Wildman–Crippen LogP) is 2.18. The molecule has 1 aromatic rings. The van der Waals surface area contributed by atoms with Crippen LogP contribution in [-0.2, 0) is 4.79 Å². The average Bonchev–Trinajstić information content (AvgIpc) is 2.39. The van der Waals surface area contributed by atoms with E-state index in [1.807, 2.05) is 31.2 Å². The first-order valence-corrected chi connectivity index (χ1v) is 6.88. The van der Waals surface area contributed by atoms with Gasteiger partial charge in [0.1, 0.15) is 5.75 Å². The second kappa shape index (κ2) is 8.12. The lowest BCUT2D eigenvalue weighted by molar-refractivity contribution is -0.124. The Morgan fingerprint density at radius 3 is 2.70 bits per heavy atom. The molecule has 0 aliphatic heterocycles. The van der Waals surface area contributed by atoms with Crippen LogP contribution in [-0.4, -0.2) is 24.6 Å². The van der Waals surface area contributed by atoms with E-state index < -0.39 is 0 Å². The first-order valence-electron chi connectivity index (χ1n) is 6.88. The maximum Gasteiger partial charge on any atom is 0.258 e. The van der Waals surface area contributed by atoms with Crippen LogP contribution < -0.4 is 15.8 Å². The first-order chi connectivity index (χ1) is 9.13. The molecule has 1 aliphatic carbocycles. The van der Waals surface area contributed by atoms with Gasteiger partial charge in [-0.05, 0) is 50.3 Å². The summed E-state index contributed by atoms with van der Waals surface area (Å²) in [6.07, 6.45) is 3.92. The number of hydrogen-bond donors (Lipinski definition) is 2. The van der Waals surface area contributed by atoms with E-state index in [2.05, 4.69) is 5.32 Å². The molecule has 0 saturated heterocycles. The largest absolute Gasteiger partial charge is 0.484 e. The summed E-state index contributed by atoms with van der Waals surface area (Å²) in [5.74, 6) is 0.683. The number of amides is 1. The van der Waals surface area contributed by atoms with Gasteiger partial charge in [-0.15, -0.1) is 12.4 Å². The highest BCUT2D eigenvalue weighted by atomic mass is 35.5. The van der Waals surface area contributed by atoms with Crippen molar-refractivity contribution in [2.24, 2.45) is 5.73 Å². The maximum absolute atomic E-state index is 11.8. The van der Waals surface area contributed by atoms with Crippen molar-refractivity contribution in [1.29, 1.82) is 0 Å². The molecule has 0 aromatic heterocycles. The molecule has 1 aliphatic rings. The Morgan fingerprint density at radius 1 is 1.35 bits per heavy atom. The summed E-state index contributed by atoms with van der Waals surface area (Å²) in [5.41, 5.74) is 6.96. The minimum absolute atomic E-state index is 0. The van der Waals surface area contributed by atoms with Gasteiger partial charge in [-0.2, -0.15) is 0 Å². The molecule has 1 saturated carbocycles. The highest BCUT2D eigenvalue weighted by Crippen LogP contribution is 2.17. The number of ether oxygens (including phenoxy) is 1. The van der Waals surface area contributed by atoms with E-state index >= 15 is 0 Å². The van der Waals surface area contributed by atoms with Crippen LogP contribution in [0.5, 0.6) is 5.75 Å². The van der Waals surface area contributed by atoms with Crippen LogP contribution in [0, 0.1) is 6.92 Å². The molecular formula is C15H23ClN2O2. The Labute approximate surface area is 126 Å². The van der Waals surface area contributed by atoms with Crippen LogP contribution in [0.25, 0.3) is 0 Å². The van der Waals surface area contributed by atoms with Crippen molar-refractivity contribution in [2.75, 3.05) is 6.61 Å². The summed E-state index contributed by atoms with van der Waals surface area (Å²) in [6, 6.07) is 8.26. The molecule has 0 spiro atoms. The molecule has 1 amide bonds. The van der Waals surface area contributed by atoms with E-state index in [-0.39, 0.29) is 31.0 Å². The van der Waals surface area contributed by atoms with E-state index in [1.165, 1.54) is 0 Å². The van der Waals surface area contributed by atoms with Crippen LogP contribution in [0.3, 0.4) is 0 Å². The highest BCUT2D eigenvalue weighted by Gasteiger charge is 2.19. The molecule has 20 heavy (non-hydrogen) atoms. The summed E-state index contributed by atoms with van der Waals surface area (Å²) in [4.78, 5) is 11.8. The van der Waals surface area contributed by atoms with Crippen LogP contribution in [0.15, 0.2) is 24.3 Å². The van der Waals surface area contributed by atoms with E-state index in [4.69, 9.17) is 10.5 Å². The predicted molar refractivity (Wildman–Crippen MR) is 82.3 cm³/mol. The van der Waals surface area contributed by atoms with Gasteiger partial charge < -0.3 is 15.8 Å². The fourth-order valence-corrected chi connectivity index (χ4v) is 2.39. The Morgan fingerprint density at radius 2 is 2.05 bits per heavy atom. The molecule has 4 nitrogen and oxygen atoms in total. The zero-order valence-electron chi connectivity index (χ0n) is 11.8. The second-order valence-corrected chi connectivity index (χ2v) is 5.28. The lowest BCUT2D eigenvalue weighted by Gasteiger charge is -2.26. The van der Waals surface area contributed by atoms with E-state index in [9.17, 15) is 4.79 Å². The van der Waals surface area contributed by atoms with Crippen LogP contribution >= 0.6 is 12.4 Å². The number of halogens is 1. The molecule has 112 valence electrons. The second-order valence-electron chi connectivity index (χ2n) is 5.28. The Kier molecular flexibility index (Phi) is 6.82. The maximum atomic E-state index is 11.8. The minimum atomic E-state index is -0.0537. The third kappa shape index (κ3) is 5.39. The summed E-state index contributed by atoms with van der Waals surface area (Å²) in [5, 5.41) is 3.00. The average molecular weight is 299 g/mol. The van der Waals surface area contributed by atoms with E-state index in [0.29, 0.717) is 6.04 Å². The fraction of sp³-hybridized carbons (Fsp3) is 0.533. The number of nitrogens with one attached hydrogen (secondary N) is 1. The lowest BCUT2D eigenvalue weighted by Crippen LogP contribution is -2.42. The van der Waals surface area contributed by atoms with Crippen LogP contribution in [0.1, 0.15) is 31.2 Å². The molecule has 5 heteroatoms. The lowest BCUT2D eigenvalue weighted by atomic mass is 9.92. The van der Waals surface area contributed by atoms with Crippen molar-refractivity contribution in [1.82, 2.24) is 5.32 Å². The number of hydrogen-bond acceptors (Lipinski definition) is 3. The summed E-state index contributed by atoms with van der Waals surface area (Å²) in [6.45, 7) is 2.07. The summed E-state index contributed by atoms with van der Waals surface area (Å²) in [7, 11) is 0. The normalized spacial score (nSPS) is 21.7. The van der Waals surface area contributed by atoms with Gasteiger partial charge >= 0.3 is 0 Å². The SMILES string of the molecule is Cc1cccc(OCC(=O)NC2CCC(N)CC2)c1.Cl. The Bertz CT molecular complexity index is 432. The van der Waals surface area contributed by atoms with Crippen LogP contribution in [0.4, 0.5) is 0 Å². The first kappa shape index (κ1) is 16.8. The van der Waals surface area contributed by atoms with Crippen molar-refractivity contribution in [3.8, 4) is 5.75 Å². The minimum Gasteiger partial charge on any atom is -0.484 e. The number of benzene rings is 1. The summed E-state index contributed by atoms with van der Waals surface area (Å²) >= 11 is 0. The number of carbonyl (C=O) groups excluding carboxylic acids is 1. The Hall–Kier alpha value is -1.26. The molecule has 0 bridgehead atoms. The van der Waals surface area contributed by atoms with E-state index in [0.717, 1.165) is 37.0 Å². The third-order valence-corrected chi connectivity index (χ3v) is 3.50. The topological polar surface area (TPSA) is 64.3 Å². The Balaban J connectivity index is 0.00000200. The molecule has 0 heterocycles. The number of aryl methyl sites for hydroxylation is 1. The molecular weight excluding hydrogens is 276 g/mol. The van der Waals surface area contributed by atoms with Crippen LogP contribution in [0.2, 0.25) is 0 Å². The molecule has 1 aromatic carbocycles. The number of nitrogens with two attached hydrogens (primary N) is 1. The fourth-order valence-electron chi connectivity index (χ4n) is 2.39. The molecule has 0 radical (unpaired) electrons. The third-order valence-electron chi connectivity index (χ3n) is 3.50. The van der Waals surface area contributed by atoms with Crippen molar-refractivity contribution in [3.05, 3.63) is 29.8 Å². The summed E-state index contributed by atoms with van der Waals surface area (Å²) < 4.78 is 5.47. The van der Waals surface area contributed by atoms with E-state index in [1.54, 1.807) is 0 Å². The monoisotopic (exact) mass is 298 g/mol. The van der Waals surface area contributed by atoms with Crippen molar-refractivity contribution >= 4 is 18.3 Å². The zero-order valence-corrected chi connectivity index (χ0v) is 12.6. The van der Waals surface area contributed by atoms with Gasteiger partial charge in [0.2, 0.25) is 0 Å². The standard InChI is InChI=1S/C15H22N2O2.ClH/c1-11-3-2-4-14(9-11)19-10-15(18)17-13-7-5-12(16)6-8-13;/h2-4,9,12-13H,5-8,10,16H2,1H3,(H,17,18);1H. The quantitative estimate of drug-likeness (QED) is 0.895. The van der Waals surface area contributed by atoms with Gasteiger partial charge in [-0.3, -0.25) is 4.79 Å². The number of rotatable bonds is 4. The molecule has 0 atom stereocenters. The van der Waals surface area contributed by atoms with Crippen molar-refractivity contribution < 1.29 is 9.53 Å². The molecule has 3 N–H and O–H groups in total.